The van der Waals surface area contributed by atoms with Crippen LogP contribution in [0.15, 0.2) is 108 Å². The van der Waals surface area contributed by atoms with Gasteiger partial charge in [-0.2, -0.15) is 0 Å². The van der Waals surface area contributed by atoms with E-state index in [-0.39, 0.29) is 23.8 Å². The Morgan fingerprint density at radius 3 is 2.09 bits per heavy atom. The first-order valence-electron chi connectivity index (χ1n) is 14.1. The molecule has 9 heteroatoms. The monoisotopic (exact) mass is 617 g/mol. The van der Waals surface area contributed by atoms with Gasteiger partial charge in [0.15, 0.2) is 0 Å². The highest BCUT2D eigenvalue weighted by Gasteiger charge is 2.34. The fraction of sp³-hybridized carbons (Fsp3) is 0.235. The SMILES string of the molecule is CCNC(=O)C(Cc1ccccc1)N(Cc1cccc(Cl)c1)C(=O)CN(c1ccc(C)c(C)c1)S(=O)(=O)c1ccccc1. The first kappa shape index (κ1) is 31.8. The Morgan fingerprint density at radius 1 is 0.814 bits per heavy atom. The van der Waals surface area contributed by atoms with Crippen molar-refractivity contribution in [3.8, 4) is 0 Å². The van der Waals surface area contributed by atoms with Gasteiger partial charge in [-0.25, -0.2) is 8.42 Å². The number of halogens is 1. The molecule has 0 spiro atoms. The number of sulfonamides is 1. The number of hydrogen-bond acceptors (Lipinski definition) is 4. The van der Waals surface area contributed by atoms with E-state index in [1.807, 2.05) is 63.2 Å². The minimum Gasteiger partial charge on any atom is -0.355 e. The molecule has 1 N–H and O–H groups in total. The number of nitrogens with one attached hydrogen (secondary N) is 1. The van der Waals surface area contributed by atoms with Crippen LogP contribution in [0.5, 0.6) is 0 Å². The summed E-state index contributed by atoms with van der Waals surface area (Å²) in [5, 5.41) is 3.35. The second kappa shape index (κ2) is 14.4. The summed E-state index contributed by atoms with van der Waals surface area (Å²) in [4.78, 5) is 29.5. The van der Waals surface area contributed by atoms with Crippen molar-refractivity contribution in [1.82, 2.24) is 10.2 Å². The molecule has 224 valence electrons. The third kappa shape index (κ3) is 8.03. The quantitative estimate of drug-likeness (QED) is 0.214. The molecule has 1 atom stereocenters. The Balaban J connectivity index is 1.81. The third-order valence-electron chi connectivity index (χ3n) is 7.25. The number of carbonyl (C=O) groups is 2. The van der Waals surface area contributed by atoms with Gasteiger partial charge in [-0.1, -0.05) is 78.3 Å². The average Bonchev–Trinajstić information content (AvgIpc) is 3.00. The van der Waals surface area contributed by atoms with Crippen LogP contribution in [-0.4, -0.2) is 44.3 Å². The van der Waals surface area contributed by atoms with E-state index in [2.05, 4.69) is 5.32 Å². The maximum absolute atomic E-state index is 14.4. The predicted octanol–water partition coefficient (Wildman–Crippen LogP) is 5.93. The lowest BCUT2D eigenvalue weighted by Crippen LogP contribution is -2.53. The number of anilines is 1. The van der Waals surface area contributed by atoms with E-state index >= 15 is 0 Å². The summed E-state index contributed by atoms with van der Waals surface area (Å²) in [5.74, 6) is -0.852. The molecule has 0 fully saturated rings. The third-order valence-corrected chi connectivity index (χ3v) is 9.28. The van der Waals surface area contributed by atoms with E-state index in [0.717, 1.165) is 21.0 Å². The Bertz CT molecular complexity index is 1660. The standard InChI is InChI=1S/C34H36ClN3O4S/c1-4-36-34(40)32(22-27-12-7-5-8-13-27)37(23-28-14-11-15-29(35)21-28)33(39)24-38(30-19-18-25(2)26(3)20-30)43(41,42)31-16-9-6-10-17-31/h5-21,32H,4,22-24H2,1-3H3,(H,36,40). The lowest BCUT2D eigenvalue weighted by atomic mass is 10.0. The van der Waals surface area contributed by atoms with Crippen molar-refractivity contribution in [2.24, 2.45) is 0 Å². The van der Waals surface area contributed by atoms with E-state index in [0.29, 0.717) is 22.8 Å². The van der Waals surface area contributed by atoms with Crippen LogP contribution in [0.25, 0.3) is 0 Å². The maximum atomic E-state index is 14.4. The van der Waals surface area contributed by atoms with Crippen molar-refractivity contribution in [1.29, 1.82) is 0 Å². The van der Waals surface area contributed by atoms with Crippen LogP contribution < -0.4 is 9.62 Å². The van der Waals surface area contributed by atoms with Crippen LogP contribution in [-0.2, 0) is 32.6 Å². The largest absolute Gasteiger partial charge is 0.355 e. The highest BCUT2D eigenvalue weighted by atomic mass is 35.5. The van der Waals surface area contributed by atoms with Crippen molar-refractivity contribution < 1.29 is 18.0 Å². The van der Waals surface area contributed by atoms with Gasteiger partial charge < -0.3 is 10.2 Å². The summed E-state index contributed by atoms with van der Waals surface area (Å²) in [5.41, 5.74) is 3.82. The van der Waals surface area contributed by atoms with Gasteiger partial charge in [-0.3, -0.25) is 13.9 Å². The summed E-state index contributed by atoms with van der Waals surface area (Å²) in [6.45, 7) is 5.57. The smallest absolute Gasteiger partial charge is 0.264 e. The van der Waals surface area contributed by atoms with Gasteiger partial charge in [0.05, 0.1) is 10.6 Å². The molecule has 0 heterocycles. The number of carbonyl (C=O) groups excluding carboxylic acids is 2. The zero-order chi connectivity index (χ0) is 31.0. The maximum Gasteiger partial charge on any atom is 0.264 e. The molecule has 0 aliphatic rings. The van der Waals surface area contributed by atoms with Gasteiger partial charge >= 0.3 is 0 Å². The van der Waals surface area contributed by atoms with Crippen LogP contribution in [0.4, 0.5) is 5.69 Å². The molecule has 4 aromatic rings. The number of benzene rings is 4. The summed E-state index contributed by atoms with van der Waals surface area (Å²) in [6.07, 6.45) is 0.244. The number of hydrogen-bond donors (Lipinski definition) is 1. The molecular formula is C34H36ClN3O4S. The van der Waals surface area contributed by atoms with Crippen molar-refractivity contribution in [2.45, 2.75) is 44.7 Å². The van der Waals surface area contributed by atoms with Gasteiger partial charge in [-0.15, -0.1) is 0 Å². The van der Waals surface area contributed by atoms with Crippen LogP contribution >= 0.6 is 11.6 Å². The molecule has 43 heavy (non-hydrogen) atoms. The molecule has 0 radical (unpaired) electrons. The van der Waals surface area contributed by atoms with Gasteiger partial charge in [-0.05, 0) is 79.4 Å². The van der Waals surface area contributed by atoms with Gasteiger partial charge in [0.2, 0.25) is 11.8 Å². The lowest BCUT2D eigenvalue weighted by molar-refractivity contribution is -0.140. The Hall–Kier alpha value is -4.14. The molecule has 4 aromatic carbocycles. The van der Waals surface area contributed by atoms with E-state index in [4.69, 9.17) is 11.6 Å². The highest BCUT2D eigenvalue weighted by Crippen LogP contribution is 2.27. The van der Waals surface area contributed by atoms with Gasteiger partial charge in [0.25, 0.3) is 10.0 Å². The van der Waals surface area contributed by atoms with Crippen molar-refractivity contribution >= 4 is 39.1 Å². The summed E-state index contributed by atoms with van der Waals surface area (Å²) in [7, 11) is -4.14. The number of nitrogens with zero attached hydrogens (tertiary/aromatic N) is 2. The zero-order valence-electron chi connectivity index (χ0n) is 24.5. The van der Waals surface area contributed by atoms with Crippen LogP contribution in [0, 0.1) is 13.8 Å². The fourth-order valence-electron chi connectivity index (χ4n) is 4.81. The minimum atomic E-state index is -4.14. The fourth-order valence-corrected chi connectivity index (χ4v) is 6.45. The van der Waals surface area contributed by atoms with Crippen molar-refractivity contribution in [3.63, 3.8) is 0 Å². The number of rotatable bonds is 12. The molecule has 0 bridgehead atoms. The van der Waals surface area contributed by atoms with Gasteiger partial charge in [0, 0.05) is 24.5 Å². The first-order valence-corrected chi connectivity index (χ1v) is 15.9. The number of amides is 2. The Kier molecular flexibility index (Phi) is 10.6. The second-order valence-corrected chi connectivity index (χ2v) is 12.6. The number of likely N-dealkylation sites (N-methyl/N-ethyl adjacent to an activating group) is 1. The number of aryl methyl sites for hydroxylation is 2. The molecule has 1 unspecified atom stereocenters. The zero-order valence-corrected chi connectivity index (χ0v) is 26.1. The molecule has 0 aliphatic heterocycles. The van der Waals surface area contributed by atoms with Crippen molar-refractivity contribution in [3.05, 3.63) is 130 Å². The molecular weight excluding hydrogens is 582 g/mol. The topological polar surface area (TPSA) is 86.8 Å². The molecule has 0 aromatic heterocycles. The van der Waals surface area contributed by atoms with E-state index in [1.54, 1.807) is 48.5 Å². The molecule has 4 rings (SSSR count). The molecule has 2 amide bonds. The van der Waals surface area contributed by atoms with E-state index < -0.39 is 28.5 Å². The first-order chi connectivity index (χ1) is 20.6. The van der Waals surface area contributed by atoms with Crippen LogP contribution in [0.1, 0.15) is 29.2 Å². The summed E-state index contributed by atoms with van der Waals surface area (Å²) < 4.78 is 29.2. The molecule has 0 saturated carbocycles. The van der Waals surface area contributed by atoms with Crippen LogP contribution in [0.3, 0.4) is 0 Å². The van der Waals surface area contributed by atoms with Crippen LogP contribution in [0.2, 0.25) is 5.02 Å². The van der Waals surface area contributed by atoms with Crippen molar-refractivity contribution in [2.75, 3.05) is 17.4 Å². The molecule has 0 aliphatic carbocycles. The molecule has 0 saturated heterocycles. The minimum absolute atomic E-state index is 0.0557. The second-order valence-electron chi connectivity index (χ2n) is 10.3. The summed E-state index contributed by atoms with van der Waals surface area (Å²) >= 11 is 6.28. The lowest BCUT2D eigenvalue weighted by Gasteiger charge is -2.34. The Labute approximate surface area is 259 Å². The molecule has 7 nitrogen and oxygen atoms in total. The highest BCUT2D eigenvalue weighted by molar-refractivity contribution is 7.92. The Morgan fingerprint density at radius 2 is 1.47 bits per heavy atom. The summed E-state index contributed by atoms with van der Waals surface area (Å²) in [6, 6.07) is 28.9. The van der Waals surface area contributed by atoms with E-state index in [9.17, 15) is 18.0 Å². The van der Waals surface area contributed by atoms with Gasteiger partial charge in [0.1, 0.15) is 12.6 Å². The normalized spacial score (nSPS) is 11.9. The van der Waals surface area contributed by atoms with E-state index in [1.165, 1.54) is 17.0 Å². The average molecular weight is 618 g/mol. The predicted molar refractivity (Wildman–Crippen MR) is 172 cm³/mol.